The highest BCUT2D eigenvalue weighted by molar-refractivity contribution is 7.13. The SMILES string of the molecule is CCN1CCN(CCCCNC(=O)c2csc(-c3ccccc3)n2)CC1. The summed E-state index contributed by atoms with van der Waals surface area (Å²) >= 11 is 1.51. The van der Waals surface area contributed by atoms with E-state index in [9.17, 15) is 4.79 Å². The molecule has 1 amide bonds. The molecule has 0 spiro atoms. The first-order valence-corrected chi connectivity index (χ1v) is 10.4. The Hall–Kier alpha value is -1.76. The molecule has 2 heterocycles. The molecule has 1 saturated heterocycles. The molecule has 140 valence electrons. The summed E-state index contributed by atoms with van der Waals surface area (Å²) in [5.74, 6) is -0.0695. The van der Waals surface area contributed by atoms with Crippen LogP contribution in [0.15, 0.2) is 35.7 Å². The van der Waals surface area contributed by atoms with Crippen molar-refractivity contribution in [1.82, 2.24) is 20.1 Å². The number of likely N-dealkylation sites (N-methyl/N-ethyl adjacent to an activating group) is 1. The summed E-state index contributed by atoms with van der Waals surface area (Å²) in [6.45, 7) is 9.92. The van der Waals surface area contributed by atoms with Crippen molar-refractivity contribution in [3.05, 3.63) is 41.4 Å². The minimum Gasteiger partial charge on any atom is -0.351 e. The lowest BCUT2D eigenvalue weighted by Gasteiger charge is -2.33. The molecule has 0 aliphatic carbocycles. The van der Waals surface area contributed by atoms with Crippen LogP contribution in [0.2, 0.25) is 0 Å². The summed E-state index contributed by atoms with van der Waals surface area (Å²) in [7, 11) is 0. The molecule has 1 aliphatic rings. The predicted molar refractivity (Wildman–Crippen MR) is 108 cm³/mol. The van der Waals surface area contributed by atoms with E-state index in [0.717, 1.165) is 36.5 Å². The zero-order chi connectivity index (χ0) is 18.2. The van der Waals surface area contributed by atoms with E-state index in [1.165, 1.54) is 37.5 Å². The third kappa shape index (κ3) is 5.37. The van der Waals surface area contributed by atoms with Crippen molar-refractivity contribution in [2.75, 3.05) is 45.8 Å². The number of rotatable bonds is 8. The van der Waals surface area contributed by atoms with Crippen LogP contribution in [0.4, 0.5) is 0 Å². The standard InChI is InChI=1S/C20H28N4OS/c1-2-23-12-14-24(15-13-23)11-7-6-10-21-19(25)18-16-26-20(22-18)17-8-4-3-5-9-17/h3-5,8-9,16H,2,6-7,10-15H2,1H3,(H,21,25). The van der Waals surface area contributed by atoms with Crippen LogP contribution in [-0.2, 0) is 0 Å². The fourth-order valence-electron chi connectivity index (χ4n) is 3.17. The number of thiazole rings is 1. The molecule has 6 heteroatoms. The van der Waals surface area contributed by atoms with Crippen LogP contribution >= 0.6 is 11.3 Å². The van der Waals surface area contributed by atoms with Gasteiger partial charge in [0.05, 0.1) is 0 Å². The van der Waals surface area contributed by atoms with Gasteiger partial charge in [-0.15, -0.1) is 11.3 Å². The number of benzene rings is 1. The molecule has 1 aliphatic heterocycles. The molecule has 0 atom stereocenters. The largest absolute Gasteiger partial charge is 0.351 e. The first kappa shape index (κ1) is 19.0. The maximum atomic E-state index is 12.2. The highest BCUT2D eigenvalue weighted by atomic mass is 32.1. The van der Waals surface area contributed by atoms with Gasteiger partial charge in [0.15, 0.2) is 0 Å². The average Bonchev–Trinajstić information content (AvgIpc) is 3.19. The molecule has 5 nitrogen and oxygen atoms in total. The summed E-state index contributed by atoms with van der Waals surface area (Å²) in [5.41, 5.74) is 1.57. The zero-order valence-corrected chi connectivity index (χ0v) is 16.3. The highest BCUT2D eigenvalue weighted by Gasteiger charge is 2.15. The Morgan fingerprint density at radius 2 is 1.85 bits per heavy atom. The van der Waals surface area contributed by atoms with Gasteiger partial charge in [-0.25, -0.2) is 4.98 Å². The second kappa shape index (κ2) is 9.80. The Morgan fingerprint density at radius 1 is 1.12 bits per heavy atom. The van der Waals surface area contributed by atoms with Crippen LogP contribution in [0.25, 0.3) is 10.6 Å². The molecule has 1 N–H and O–H groups in total. The van der Waals surface area contributed by atoms with Crippen molar-refractivity contribution < 1.29 is 4.79 Å². The minimum absolute atomic E-state index is 0.0695. The maximum Gasteiger partial charge on any atom is 0.270 e. The number of nitrogens with one attached hydrogen (secondary N) is 1. The molecular formula is C20H28N4OS. The third-order valence-corrected chi connectivity index (χ3v) is 5.75. The van der Waals surface area contributed by atoms with Gasteiger partial charge in [0.1, 0.15) is 10.7 Å². The fraction of sp³-hybridized carbons (Fsp3) is 0.500. The molecule has 0 bridgehead atoms. The van der Waals surface area contributed by atoms with E-state index < -0.39 is 0 Å². The van der Waals surface area contributed by atoms with E-state index in [0.29, 0.717) is 12.2 Å². The molecule has 1 fully saturated rings. The first-order chi connectivity index (χ1) is 12.8. The van der Waals surface area contributed by atoms with Crippen LogP contribution in [-0.4, -0.2) is 66.5 Å². The van der Waals surface area contributed by atoms with Crippen LogP contribution in [0.5, 0.6) is 0 Å². The van der Waals surface area contributed by atoms with E-state index in [4.69, 9.17) is 0 Å². The molecular weight excluding hydrogens is 344 g/mol. The zero-order valence-electron chi connectivity index (χ0n) is 15.5. The fourth-order valence-corrected chi connectivity index (χ4v) is 3.98. The Balaban J connectivity index is 1.34. The number of carbonyl (C=O) groups is 1. The van der Waals surface area contributed by atoms with E-state index >= 15 is 0 Å². The lowest BCUT2D eigenvalue weighted by Crippen LogP contribution is -2.46. The van der Waals surface area contributed by atoms with Gasteiger partial charge in [0, 0.05) is 43.7 Å². The number of hydrogen-bond acceptors (Lipinski definition) is 5. The third-order valence-electron chi connectivity index (χ3n) is 4.86. The number of aromatic nitrogens is 1. The number of carbonyl (C=O) groups excluding carboxylic acids is 1. The van der Waals surface area contributed by atoms with Crippen LogP contribution < -0.4 is 5.32 Å². The molecule has 0 radical (unpaired) electrons. The maximum absolute atomic E-state index is 12.2. The predicted octanol–water partition coefficient (Wildman–Crippen LogP) is 2.96. The van der Waals surface area contributed by atoms with Gasteiger partial charge in [-0.1, -0.05) is 37.3 Å². The minimum atomic E-state index is -0.0695. The first-order valence-electron chi connectivity index (χ1n) is 9.50. The van der Waals surface area contributed by atoms with Gasteiger partial charge in [0.2, 0.25) is 0 Å². The second-order valence-corrected chi connectivity index (χ2v) is 7.50. The van der Waals surface area contributed by atoms with Gasteiger partial charge in [-0.3, -0.25) is 4.79 Å². The van der Waals surface area contributed by atoms with E-state index in [1.807, 2.05) is 35.7 Å². The normalized spacial score (nSPS) is 15.9. The quantitative estimate of drug-likeness (QED) is 0.724. The summed E-state index contributed by atoms with van der Waals surface area (Å²) in [5, 5.41) is 5.73. The highest BCUT2D eigenvalue weighted by Crippen LogP contribution is 2.23. The van der Waals surface area contributed by atoms with Crippen molar-refractivity contribution in [2.45, 2.75) is 19.8 Å². The summed E-state index contributed by atoms with van der Waals surface area (Å²) in [6.07, 6.45) is 2.13. The Bertz CT molecular complexity index is 680. The lowest BCUT2D eigenvalue weighted by atomic mass is 10.2. The molecule has 1 aromatic heterocycles. The van der Waals surface area contributed by atoms with Gasteiger partial charge < -0.3 is 15.1 Å². The molecule has 2 aromatic rings. The summed E-state index contributed by atoms with van der Waals surface area (Å²) in [6, 6.07) is 9.98. The average molecular weight is 373 g/mol. The summed E-state index contributed by atoms with van der Waals surface area (Å²) < 4.78 is 0. The molecule has 26 heavy (non-hydrogen) atoms. The molecule has 1 aromatic carbocycles. The van der Waals surface area contributed by atoms with Crippen molar-refractivity contribution in [1.29, 1.82) is 0 Å². The van der Waals surface area contributed by atoms with Crippen LogP contribution in [0.1, 0.15) is 30.3 Å². The molecule has 3 rings (SSSR count). The van der Waals surface area contributed by atoms with Crippen molar-refractivity contribution in [3.8, 4) is 10.6 Å². The smallest absolute Gasteiger partial charge is 0.270 e. The number of piperazine rings is 1. The van der Waals surface area contributed by atoms with Gasteiger partial charge in [-0.2, -0.15) is 0 Å². The Morgan fingerprint density at radius 3 is 2.58 bits per heavy atom. The summed E-state index contributed by atoms with van der Waals surface area (Å²) in [4.78, 5) is 21.7. The number of nitrogens with zero attached hydrogens (tertiary/aromatic N) is 3. The van der Waals surface area contributed by atoms with Gasteiger partial charge in [0.25, 0.3) is 5.91 Å². The Labute approximate surface area is 160 Å². The van der Waals surface area contributed by atoms with E-state index in [-0.39, 0.29) is 5.91 Å². The van der Waals surface area contributed by atoms with Crippen LogP contribution in [0.3, 0.4) is 0 Å². The topological polar surface area (TPSA) is 48.5 Å². The van der Waals surface area contributed by atoms with Gasteiger partial charge in [-0.05, 0) is 25.9 Å². The van der Waals surface area contributed by atoms with Crippen molar-refractivity contribution in [2.24, 2.45) is 0 Å². The number of unbranched alkanes of at least 4 members (excludes halogenated alkanes) is 1. The lowest BCUT2D eigenvalue weighted by molar-refractivity contribution is 0.0947. The number of amides is 1. The number of hydrogen-bond donors (Lipinski definition) is 1. The van der Waals surface area contributed by atoms with Crippen molar-refractivity contribution in [3.63, 3.8) is 0 Å². The molecule has 0 unspecified atom stereocenters. The van der Waals surface area contributed by atoms with Gasteiger partial charge >= 0.3 is 0 Å². The molecule has 0 saturated carbocycles. The monoisotopic (exact) mass is 372 g/mol. The van der Waals surface area contributed by atoms with Crippen LogP contribution in [0, 0.1) is 0 Å². The second-order valence-electron chi connectivity index (χ2n) is 6.64. The van der Waals surface area contributed by atoms with E-state index in [2.05, 4.69) is 27.0 Å². The Kier molecular flexibility index (Phi) is 7.17. The van der Waals surface area contributed by atoms with E-state index in [1.54, 1.807) is 0 Å². The van der Waals surface area contributed by atoms with Crippen molar-refractivity contribution >= 4 is 17.2 Å².